The van der Waals surface area contributed by atoms with E-state index < -0.39 is 6.23 Å². The molecule has 3 aromatic rings. The van der Waals surface area contributed by atoms with Crippen molar-refractivity contribution < 1.29 is 5.11 Å². The number of H-pyrrole nitrogens is 1. The van der Waals surface area contributed by atoms with Crippen LogP contribution in [0.2, 0.25) is 0 Å². The lowest BCUT2D eigenvalue weighted by molar-refractivity contribution is 0.182. The molecule has 2 atom stereocenters. The Balaban J connectivity index is 1.83. The number of aromatic nitrogens is 5. The highest BCUT2D eigenvalue weighted by molar-refractivity contribution is 5.83. The van der Waals surface area contributed by atoms with E-state index in [1.165, 1.54) is 6.33 Å². The quantitative estimate of drug-likeness (QED) is 0.738. The third kappa shape index (κ3) is 1.93. The largest absolute Gasteiger partial charge is 0.374 e. The van der Waals surface area contributed by atoms with Gasteiger partial charge in [0.05, 0.1) is 12.4 Å². The molecular formula is C14H14N6O. The molecule has 1 saturated heterocycles. The Morgan fingerprint density at radius 2 is 2.19 bits per heavy atom. The van der Waals surface area contributed by atoms with Crippen LogP contribution in [-0.2, 0) is 0 Å². The van der Waals surface area contributed by atoms with Gasteiger partial charge in [-0.3, -0.25) is 4.98 Å². The topological polar surface area (TPSA) is 90.8 Å². The molecule has 7 nitrogen and oxygen atoms in total. The minimum atomic E-state index is -0.573. The zero-order valence-corrected chi connectivity index (χ0v) is 11.2. The third-order valence-corrected chi connectivity index (χ3v) is 3.87. The Labute approximate surface area is 120 Å². The summed E-state index contributed by atoms with van der Waals surface area (Å²) in [7, 11) is 0. The summed E-state index contributed by atoms with van der Waals surface area (Å²) in [6.45, 7) is 0. The second-order valence-corrected chi connectivity index (χ2v) is 5.07. The number of rotatable bonds is 2. The van der Waals surface area contributed by atoms with E-state index in [-0.39, 0.29) is 6.04 Å². The number of aliphatic hydroxyl groups excluding tert-OH is 1. The first kappa shape index (κ1) is 12.2. The molecule has 2 unspecified atom stereocenters. The van der Waals surface area contributed by atoms with Crippen LogP contribution in [0, 0.1) is 0 Å². The number of aromatic amines is 1. The van der Waals surface area contributed by atoms with Gasteiger partial charge in [-0.05, 0) is 24.5 Å². The summed E-state index contributed by atoms with van der Waals surface area (Å²) in [5.74, 6) is 0.677. The third-order valence-electron chi connectivity index (χ3n) is 3.87. The van der Waals surface area contributed by atoms with E-state index in [9.17, 15) is 5.11 Å². The van der Waals surface area contributed by atoms with E-state index in [4.69, 9.17) is 0 Å². The van der Waals surface area contributed by atoms with E-state index in [0.717, 1.165) is 17.5 Å². The van der Waals surface area contributed by atoms with Crippen LogP contribution in [0.15, 0.2) is 37.2 Å². The lowest BCUT2D eigenvalue weighted by atomic mass is 10.1. The molecule has 4 rings (SSSR count). The van der Waals surface area contributed by atoms with Crippen molar-refractivity contribution in [3.05, 3.63) is 42.7 Å². The molecular weight excluding hydrogens is 268 g/mol. The van der Waals surface area contributed by atoms with Gasteiger partial charge in [-0.1, -0.05) is 6.07 Å². The number of imidazole rings is 1. The molecule has 1 aliphatic rings. The van der Waals surface area contributed by atoms with Gasteiger partial charge in [-0.25, -0.2) is 15.0 Å². The van der Waals surface area contributed by atoms with Crippen LogP contribution >= 0.6 is 0 Å². The van der Waals surface area contributed by atoms with Gasteiger partial charge < -0.3 is 15.0 Å². The average molecular weight is 282 g/mol. The summed E-state index contributed by atoms with van der Waals surface area (Å²) in [5.41, 5.74) is 2.41. The maximum absolute atomic E-state index is 10.4. The second kappa shape index (κ2) is 4.78. The van der Waals surface area contributed by atoms with Gasteiger partial charge in [-0.2, -0.15) is 0 Å². The minimum absolute atomic E-state index is 0.0510. The summed E-state index contributed by atoms with van der Waals surface area (Å²) in [4.78, 5) is 21.8. The van der Waals surface area contributed by atoms with Gasteiger partial charge >= 0.3 is 0 Å². The molecule has 0 aromatic carbocycles. The van der Waals surface area contributed by atoms with Crippen molar-refractivity contribution in [2.45, 2.75) is 25.1 Å². The van der Waals surface area contributed by atoms with Crippen LogP contribution in [-0.4, -0.2) is 36.3 Å². The Morgan fingerprint density at radius 3 is 3.05 bits per heavy atom. The molecule has 0 spiro atoms. The second-order valence-electron chi connectivity index (χ2n) is 5.07. The number of pyridine rings is 1. The van der Waals surface area contributed by atoms with E-state index in [1.807, 2.05) is 23.2 Å². The maximum Gasteiger partial charge on any atom is 0.182 e. The number of nitrogens with one attached hydrogen (secondary N) is 1. The fourth-order valence-electron chi connectivity index (χ4n) is 2.93. The molecule has 4 heterocycles. The van der Waals surface area contributed by atoms with Crippen LogP contribution in [0.5, 0.6) is 0 Å². The average Bonchev–Trinajstić information content (AvgIpc) is 3.14. The molecule has 0 amide bonds. The van der Waals surface area contributed by atoms with Crippen LogP contribution in [0.1, 0.15) is 24.4 Å². The normalized spacial score (nSPS) is 22.0. The van der Waals surface area contributed by atoms with E-state index in [2.05, 4.69) is 24.9 Å². The van der Waals surface area contributed by atoms with Crippen molar-refractivity contribution >= 4 is 17.0 Å². The van der Waals surface area contributed by atoms with E-state index in [1.54, 1.807) is 12.5 Å². The Hall–Kier alpha value is -2.54. The van der Waals surface area contributed by atoms with Gasteiger partial charge in [0.25, 0.3) is 0 Å². The first-order chi connectivity index (χ1) is 10.3. The summed E-state index contributed by atoms with van der Waals surface area (Å²) in [6, 6.07) is 3.98. The zero-order chi connectivity index (χ0) is 14.2. The molecule has 7 heteroatoms. The highest BCUT2D eigenvalue weighted by Crippen LogP contribution is 2.39. The number of fused-ring (bicyclic) bond motifs is 1. The fraction of sp³-hybridized carbons (Fsp3) is 0.286. The number of nitrogens with zero attached hydrogens (tertiary/aromatic N) is 5. The molecule has 0 bridgehead atoms. The number of hydrogen-bond acceptors (Lipinski definition) is 6. The lowest BCUT2D eigenvalue weighted by Crippen LogP contribution is -2.32. The van der Waals surface area contributed by atoms with Crippen molar-refractivity contribution in [1.82, 2.24) is 24.9 Å². The van der Waals surface area contributed by atoms with E-state index >= 15 is 0 Å². The summed E-state index contributed by atoms with van der Waals surface area (Å²) in [6.07, 6.45) is 7.62. The number of anilines is 1. The van der Waals surface area contributed by atoms with Gasteiger partial charge in [0.2, 0.25) is 0 Å². The van der Waals surface area contributed by atoms with Crippen molar-refractivity contribution in [2.75, 3.05) is 4.90 Å². The van der Waals surface area contributed by atoms with Gasteiger partial charge in [0.15, 0.2) is 11.5 Å². The smallest absolute Gasteiger partial charge is 0.182 e. The predicted molar refractivity (Wildman–Crippen MR) is 76.4 cm³/mol. The first-order valence-corrected chi connectivity index (χ1v) is 6.85. The molecule has 0 saturated carbocycles. The van der Waals surface area contributed by atoms with Gasteiger partial charge in [0, 0.05) is 12.4 Å². The molecule has 106 valence electrons. The van der Waals surface area contributed by atoms with Crippen molar-refractivity contribution in [2.24, 2.45) is 0 Å². The molecule has 3 aromatic heterocycles. The molecule has 2 N–H and O–H groups in total. The fourth-order valence-corrected chi connectivity index (χ4v) is 2.93. The monoisotopic (exact) mass is 282 g/mol. The Kier molecular flexibility index (Phi) is 2.78. The maximum atomic E-state index is 10.4. The standard InChI is InChI=1S/C14H14N6O/c21-11-4-3-10(9-2-1-5-15-6-9)20(11)14-12-13(17-7-16-12)18-8-19-14/h1-2,5-8,10-11,21H,3-4H2,(H,16,17,18,19). The lowest BCUT2D eigenvalue weighted by Gasteiger charge is -2.28. The van der Waals surface area contributed by atoms with Crippen LogP contribution in [0.4, 0.5) is 5.82 Å². The summed E-state index contributed by atoms with van der Waals surface area (Å²) < 4.78 is 0. The zero-order valence-electron chi connectivity index (χ0n) is 11.2. The number of aliphatic hydroxyl groups is 1. The van der Waals surface area contributed by atoms with Crippen LogP contribution < -0.4 is 4.90 Å². The Morgan fingerprint density at radius 1 is 1.24 bits per heavy atom. The molecule has 0 aliphatic carbocycles. The van der Waals surface area contributed by atoms with Crippen molar-refractivity contribution in [1.29, 1.82) is 0 Å². The molecule has 0 radical (unpaired) electrons. The van der Waals surface area contributed by atoms with E-state index in [0.29, 0.717) is 17.9 Å². The molecule has 1 aliphatic heterocycles. The Bertz CT molecular complexity index is 758. The number of hydrogen-bond donors (Lipinski definition) is 2. The SMILES string of the molecule is OC1CCC(c2cccnc2)N1c1ncnc2nc[nH]c12. The highest BCUT2D eigenvalue weighted by Gasteiger charge is 2.35. The molecule has 21 heavy (non-hydrogen) atoms. The molecule has 1 fully saturated rings. The highest BCUT2D eigenvalue weighted by atomic mass is 16.3. The van der Waals surface area contributed by atoms with Crippen molar-refractivity contribution in [3.63, 3.8) is 0 Å². The van der Waals surface area contributed by atoms with Crippen LogP contribution in [0.25, 0.3) is 11.2 Å². The van der Waals surface area contributed by atoms with Crippen LogP contribution in [0.3, 0.4) is 0 Å². The predicted octanol–water partition coefficient (Wildman–Crippen LogP) is 1.41. The van der Waals surface area contributed by atoms with Gasteiger partial charge in [-0.15, -0.1) is 0 Å². The van der Waals surface area contributed by atoms with Crippen molar-refractivity contribution in [3.8, 4) is 0 Å². The minimum Gasteiger partial charge on any atom is -0.374 e. The summed E-state index contributed by atoms with van der Waals surface area (Å²) in [5, 5.41) is 10.4. The first-order valence-electron chi connectivity index (χ1n) is 6.85. The van der Waals surface area contributed by atoms with Gasteiger partial charge in [0.1, 0.15) is 18.1 Å². The summed E-state index contributed by atoms with van der Waals surface area (Å²) >= 11 is 0.